The van der Waals surface area contributed by atoms with E-state index in [0.717, 1.165) is 18.4 Å². The molecule has 0 saturated carbocycles. The van der Waals surface area contributed by atoms with Gasteiger partial charge in [-0.2, -0.15) is 0 Å². The summed E-state index contributed by atoms with van der Waals surface area (Å²) < 4.78 is 5.19. The summed E-state index contributed by atoms with van der Waals surface area (Å²) in [4.78, 5) is 35.3. The van der Waals surface area contributed by atoms with Crippen molar-refractivity contribution in [2.45, 2.75) is 46.1 Å². The lowest BCUT2D eigenvalue weighted by Gasteiger charge is -2.15. The Kier molecular flexibility index (Phi) is 8.65. The molecule has 1 aromatic rings. The molecule has 1 rings (SSSR count). The molecule has 0 aliphatic heterocycles. The van der Waals surface area contributed by atoms with Crippen molar-refractivity contribution in [1.82, 2.24) is 5.32 Å². The molecule has 0 aromatic heterocycles. The van der Waals surface area contributed by atoms with E-state index in [1.807, 2.05) is 37.3 Å². The molecular formula is C18H25NO4. The molecule has 0 aliphatic carbocycles. The molecule has 0 radical (unpaired) electrons. The van der Waals surface area contributed by atoms with Gasteiger partial charge < -0.3 is 14.8 Å². The van der Waals surface area contributed by atoms with Crippen molar-refractivity contribution in [1.29, 1.82) is 0 Å². The van der Waals surface area contributed by atoms with Gasteiger partial charge in [-0.25, -0.2) is 0 Å². The van der Waals surface area contributed by atoms with Crippen molar-refractivity contribution in [2.75, 3.05) is 6.54 Å². The van der Waals surface area contributed by atoms with Crippen molar-refractivity contribution in [3.05, 3.63) is 35.9 Å². The normalized spacial score (nSPS) is 11.6. The fraction of sp³-hybridized carbons (Fsp3) is 0.500. The summed E-state index contributed by atoms with van der Waals surface area (Å²) in [6.07, 6.45) is 1.82. The Morgan fingerprint density at radius 3 is 2.43 bits per heavy atom. The van der Waals surface area contributed by atoms with Gasteiger partial charge in [0.2, 0.25) is 5.91 Å². The Labute approximate surface area is 137 Å². The molecule has 5 heteroatoms. The highest BCUT2D eigenvalue weighted by Gasteiger charge is 2.24. The lowest BCUT2D eigenvalue weighted by atomic mass is 9.98. The first kappa shape index (κ1) is 18.9. The number of carbonyl (C=O) groups is 3. The van der Waals surface area contributed by atoms with Crippen LogP contribution >= 0.6 is 0 Å². The minimum absolute atomic E-state index is 0.0540. The second-order valence-electron chi connectivity index (χ2n) is 5.60. The smallest absolute Gasteiger partial charge is 0.306 e. The van der Waals surface area contributed by atoms with E-state index in [2.05, 4.69) is 5.32 Å². The third kappa shape index (κ3) is 8.14. The monoisotopic (exact) mass is 319 g/mol. The van der Waals surface area contributed by atoms with Gasteiger partial charge in [0.05, 0.1) is 12.3 Å². The van der Waals surface area contributed by atoms with Crippen molar-refractivity contribution in [3.63, 3.8) is 0 Å². The Balaban J connectivity index is 2.49. The number of ether oxygens (including phenoxy) is 1. The molecule has 0 bridgehead atoms. The zero-order valence-electron chi connectivity index (χ0n) is 13.8. The van der Waals surface area contributed by atoms with E-state index < -0.39 is 11.9 Å². The van der Waals surface area contributed by atoms with E-state index in [9.17, 15) is 14.4 Å². The van der Waals surface area contributed by atoms with E-state index in [4.69, 9.17) is 4.74 Å². The Morgan fingerprint density at radius 2 is 1.83 bits per heavy atom. The Bertz CT molecular complexity index is 513. The first-order chi connectivity index (χ1) is 11.0. The number of rotatable bonds is 10. The maximum atomic E-state index is 12.1. The van der Waals surface area contributed by atoms with Gasteiger partial charge in [0.1, 0.15) is 12.4 Å². The highest BCUT2D eigenvalue weighted by Crippen LogP contribution is 2.12. The summed E-state index contributed by atoms with van der Waals surface area (Å²) in [5.41, 5.74) is 0.886. The molecular weight excluding hydrogens is 294 g/mol. The quantitative estimate of drug-likeness (QED) is 0.531. The molecule has 5 nitrogen and oxygen atoms in total. The van der Waals surface area contributed by atoms with Crippen molar-refractivity contribution >= 4 is 17.7 Å². The minimum atomic E-state index is -0.660. The average Bonchev–Trinajstić information content (AvgIpc) is 2.53. The van der Waals surface area contributed by atoms with E-state index in [-0.39, 0.29) is 31.1 Å². The summed E-state index contributed by atoms with van der Waals surface area (Å²) >= 11 is 0. The van der Waals surface area contributed by atoms with E-state index in [1.165, 1.54) is 6.92 Å². The van der Waals surface area contributed by atoms with Crippen LogP contribution in [0.4, 0.5) is 0 Å². The summed E-state index contributed by atoms with van der Waals surface area (Å²) in [7, 11) is 0. The molecule has 0 heterocycles. The second-order valence-corrected chi connectivity index (χ2v) is 5.60. The van der Waals surface area contributed by atoms with Crippen LogP contribution < -0.4 is 5.32 Å². The summed E-state index contributed by atoms with van der Waals surface area (Å²) in [6.45, 7) is 4.18. The number of hydrogen-bond acceptors (Lipinski definition) is 4. The number of amides is 1. The standard InChI is InChI=1S/C18H25NO4/c1-3-4-10-19-18(22)16(11-14(2)20)12-17(21)23-13-15-8-6-5-7-9-15/h5-9,16H,3-4,10-13H2,1-2H3,(H,19,22). The zero-order chi connectivity index (χ0) is 17.1. The van der Waals surface area contributed by atoms with Gasteiger partial charge in [-0.3, -0.25) is 9.59 Å². The van der Waals surface area contributed by atoms with Gasteiger partial charge in [0.15, 0.2) is 0 Å². The van der Waals surface area contributed by atoms with Crippen molar-refractivity contribution in [3.8, 4) is 0 Å². The molecule has 1 amide bonds. The summed E-state index contributed by atoms with van der Waals surface area (Å²) in [5.74, 6) is -1.50. The molecule has 0 spiro atoms. The lowest BCUT2D eigenvalue weighted by molar-refractivity contribution is -0.148. The average molecular weight is 319 g/mol. The number of benzene rings is 1. The maximum Gasteiger partial charge on any atom is 0.306 e. The van der Waals surface area contributed by atoms with E-state index >= 15 is 0 Å². The fourth-order valence-electron chi connectivity index (χ4n) is 2.14. The lowest BCUT2D eigenvalue weighted by Crippen LogP contribution is -2.34. The van der Waals surface area contributed by atoms with Crippen LogP contribution in [0.2, 0.25) is 0 Å². The molecule has 23 heavy (non-hydrogen) atoms. The van der Waals surface area contributed by atoms with Crippen LogP contribution in [0, 0.1) is 5.92 Å². The van der Waals surface area contributed by atoms with Crippen molar-refractivity contribution in [2.24, 2.45) is 5.92 Å². The van der Waals surface area contributed by atoms with Gasteiger partial charge in [0.25, 0.3) is 0 Å². The number of carbonyl (C=O) groups excluding carboxylic acids is 3. The van der Waals surface area contributed by atoms with E-state index in [1.54, 1.807) is 0 Å². The molecule has 0 saturated heterocycles. The minimum Gasteiger partial charge on any atom is -0.461 e. The molecule has 1 unspecified atom stereocenters. The number of ketones is 1. The highest BCUT2D eigenvalue weighted by atomic mass is 16.5. The van der Waals surface area contributed by atoms with Crippen molar-refractivity contribution < 1.29 is 19.1 Å². The van der Waals surface area contributed by atoms with E-state index in [0.29, 0.717) is 6.54 Å². The fourth-order valence-corrected chi connectivity index (χ4v) is 2.14. The molecule has 1 atom stereocenters. The third-order valence-electron chi connectivity index (χ3n) is 3.39. The van der Waals surface area contributed by atoms with Crippen LogP contribution in [0.1, 0.15) is 45.1 Å². The van der Waals surface area contributed by atoms with Crippen LogP contribution in [0.15, 0.2) is 30.3 Å². The Morgan fingerprint density at radius 1 is 1.13 bits per heavy atom. The molecule has 0 fully saturated rings. The summed E-state index contributed by atoms with van der Waals surface area (Å²) in [6, 6.07) is 9.33. The first-order valence-corrected chi connectivity index (χ1v) is 7.99. The second kappa shape index (κ2) is 10.5. The topological polar surface area (TPSA) is 72.5 Å². The van der Waals surface area contributed by atoms with Gasteiger partial charge >= 0.3 is 5.97 Å². The number of hydrogen-bond donors (Lipinski definition) is 1. The first-order valence-electron chi connectivity index (χ1n) is 7.99. The number of nitrogens with one attached hydrogen (secondary N) is 1. The summed E-state index contributed by atoms with van der Waals surface area (Å²) in [5, 5.41) is 2.77. The van der Waals surface area contributed by atoms with Crippen LogP contribution in [0.3, 0.4) is 0 Å². The predicted octanol–water partition coefficient (Wildman–Crippen LogP) is 2.63. The van der Waals surface area contributed by atoms with Crippen LogP contribution in [0.5, 0.6) is 0 Å². The molecule has 0 aliphatic rings. The largest absolute Gasteiger partial charge is 0.461 e. The van der Waals surface area contributed by atoms with Gasteiger partial charge in [0, 0.05) is 13.0 Å². The number of Topliss-reactive ketones (excluding diaryl/α,β-unsaturated/α-hetero) is 1. The highest BCUT2D eigenvalue weighted by molar-refractivity contribution is 5.88. The zero-order valence-corrected chi connectivity index (χ0v) is 13.8. The van der Waals surface area contributed by atoms with Crippen LogP contribution in [-0.4, -0.2) is 24.2 Å². The number of esters is 1. The van der Waals surface area contributed by atoms with Crippen LogP contribution in [-0.2, 0) is 25.7 Å². The SMILES string of the molecule is CCCCNC(=O)C(CC(C)=O)CC(=O)OCc1ccccc1. The van der Waals surface area contributed by atoms with Gasteiger partial charge in [-0.15, -0.1) is 0 Å². The Hall–Kier alpha value is -2.17. The predicted molar refractivity (Wildman–Crippen MR) is 87.6 cm³/mol. The third-order valence-corrected chi connectivity index (χ3v) is 3.39. The molecule has 1 aromatic carbocycles. The van der Waals surface area contributed by atoms with Gasteiger partial charge in [-0.05, 0) is 18.9 Å². The molecule has 1 N–H and O–H groups in total. The van der Waals surface area contributed by atoms with Gasteiger partial charge in [-0.1, -0.05) is 43.7 Å². The maximum absolute atomic E-state index is 12.1. The van der Waals surface area contributed by atoms with Crippen LogP contribution in [0.25, 0.3) is 0 Å². The number of unbranched alkanes of at least 4 members (excludes halogenated alkanes) is 1. The molecule has 126 valence electrons.